The van der Waals surface area contributed by atoms with Crippen LogP contribution in [0.2, 0.25) is 0 Å². The van der Waals surface area contributed by atoms with Crippen LogP contribution in [0.15, 0.2) is 28.7 Å². The number of carbonyl (C=O) groups excluding carboxylic acids is 1. The molecule has 0 spiro atoms. The number of nitrogens with two attached hydrogens (primary N) is 1. The van der Waals surface area contributed by atoms with E-state index >= 15 is 0 Å². The van der Waals surface area contributed by atoms with E-state index in [4.69, 9.17) is 9.56 Å². The van der Waals surface area contributed by atoms with Crippen LogP contribution in [0.3, 0.4) is 0 Å². The van der Waals surface area contributed by atoms with Gasteiger partial charge in [-0.3, -0.25) is 4.79 Å². The van der Waals surface area contributed by atoms with Gasteiger partial charge in [-0.05, 0) is 25.0 Å². The maximum Gasteiger partial charge on any atom is 0.223 e. The zero-order valence-electron chi connectivity index (χ0n) is 12.6. The summed E-state index contributed by atoms with van der Waals surface area (Å²) < 4.78 is 28.5. The number of carbonyl (C=O) groups is 1. The lowest BCUT2D eigenvalue weighted by Crippen LogP contribution is -2.47. The molecule has 124 valence electrons. The van der Waals surface area contributed by atoms with Crippen molar-refractivity contribution in [1.29, 1.82) is 0 Å². The van der Waals surface area contributed by atoms with Crippen LogP contribution >= 0.6 is 0 Å². The Morgan fingerprint density at radius 1 is 1.39 bits per heavy atom. The molecule has 1 saturated heterocycles. The van der Waals surface area contributed by atoms with Crippen molar-refractivity contribution < 1.29 is 17.6 Å². The molecular weight excluding hydrogens is 318 g/mol. The van der Waals surface area contributed by atoms with Crippen molar-refractivity contribution in [2.75, 3.05) is 13.1 Å². The Morgan fingerprint density at radius 3 is 2.91 bits per heavy atom. The first-order valence-electron chi connectivity index (χ1n) is 7.57. The Kier molecular flexibility index (Phi) is 4.36. The number of nitrogens with zero attached hydrogens (tertiary/aromatic N) is 2. The Hall–Kier alpha value is -1.93. The van der Waals surface area contributed by atoms with Gasteiger partial charge in [-0.15, -0.1) is 0 Å². The molecule has 7 nitrogen and oxygen atoms in total. The molecule has 0 bridgehead atoms. The quantitative estimate of drug-likeness (QED) is 0.897. The van der Waals surface area contributed by atoms with E-state index in [1.807, 2.05) is 24.3 Å². The van der Waals surface area contributed by atoms with Crippen LogP contribution in [-0.4, -0.2) is 42.5 Å². The standard InChI is InChI=1S/C15H19N3O4S/c16-23(20,21)11-4-3-9-18(10-11)15(19)8-7-14-17-12-5-1-2-6-13(12)22-14/h1-2,5-6,11H,3-4,7-10H2,(H2,16,20,21). The second-order valence-electron chi connectivity index (χ2n) is 5.77. The lowest BCUT2D eigenvalue weighted by atomic mass is 10.1. The Labute approximate surface area is 134 Å². The normalized spacial score (nSPS) is 19.2. The van der Waals surface area contributed by atoms with Crippen molar-refractivity contribution >= 4 is 27.0 Å². The number of fused-ring (bicyclic) bond motifs is 1. The summed E-state index contributed by atoms with van der Waals surface area (Å²) in [6.45, 7) is 0.740. The molecule has 1 aromatic carbocycles. The van der Waals surface area contributed by atoms with Gasteiger partial charge in [0.1, 0.15) is 5.52 Å². The SMILES string of the molecule is NS(=O)(=O)C1CCCN(C(=O)CCc2nc3ccccc3o2)C1. The molecule has 0 saturated carbocycles. The molecule has 1 aliphatic heterocycles. The van der Waals surface area contributed by atoms with E-state index in [1.54, 1.807) is 4.90 Å². The topological polar surface area (TPSA) is 106 Å². The average Bonchev–Trinajstić information content (AvgIpc) is 2.95. The van der Waals surface area contributed by atoms with Crippen LogP contribution in [0.25, 0.3) is 11.1 Å². The van der Waals surface area contributed by atoms with Crippen LogP contribution in [0, 0.1) is 0 Å². The molecule has 1 atom stereocenters. The fraction of sp³-hybridized carbons (Fsp3) is 0.467. The van der Waals surface area contributed by atoms with E-state index < -0.39 is 15.3 Å². The lowest BCUT2D eigenvalue weighted by Gasteiger charge is -2.31. The molecule has 1 amide bonds. The second kappa shape index (κ2) is 6.29. The Balaban J connectivity index is 1.60. The van der Waals surface area contributed by atoms with Crippen LogP contribution < -0.4 is 5.14 Å². The molecule has 23 heavy (non-hydrogen) atoms. The van der Waals surface area contributed by atoms with Gasteiger partial charge in [0.15, 0.2) is 11.5 Å². The molecule has 1 unspecified atom stereocenters. The van der Waals surface area contributed by atoms with E-state index in [-0.39, 0.29) is 18.9 Å². The van der Waals surface area contributed by atoms with Crippen molar-refractivity contribution in [3.05, 3.63) is 30.2 Å². The molecule has 8 heteroatoms. The minimum atomic E-state index is -3.60. The van der Waals surface area contributed by atoms with Crippen molar-refractivity contribution in [3.63, 3.8) is 0 Å². The fourth-order valence-corrected chi connectivity index (χ4v) is 3.71. The van der Waals surface area contributed by atoms with Gasteiger partial charge in [0.05, 0.1) is 5.25 Å². The number of sulfonamides is 1. The third-order valence-corrected chi connectivity index (χ3v) is 5.40. The van der Waals surface area contributed by atoms with Crippen LogP contribution in [-0.2, 0) is 21.2 Å². The van der Waals surface area contributed by atoms with Gasteiger partial charge in [-0.2, -0.15) is 0 Å². The number of amides is 1. The molecule has 2 N–H and O–H groups in total. The molecule has 1 aliphatic rings. The summed E-state index contributed by atoms with van der Waals surface area (Å²) >= 11 is 0. The molecule has 2 aromatic rings. The van der Waals surface area contributed by atoms with Gasteiger partial charge in [0, 0.05) is 25.9 Å². The fourth-order valence-electron chi connectivity index (χ4n) is 2.83. The smallest absolute Gasteiger partial charge is 0.223 e. The summed E-state index contributed by atoms with van der Waals surface area (Å²) in [6.07, 6.45) is 1.79. The highest BCUT2D eigenvalue weighted by Crippen LogP contribution is 2.18. The monoisotopic (exact) mass is 337 g/mol. The van der Waals surface area contributed by atoms with Gasteiger partial charge in [-0.25, -0.2) is 18.5 Å². The van der Waals surface area contributed by atoms with Gasteiger partial charge < -0.3 is 9.32 Å². The van der Waals surface area contributed by atoms with Crippen LogP contribution in [0.1, 0.15) is 25.2 Å². The first kappa shape index (κ1) is 15.9. The van der Waals surface area contributed by atoms with Gasteiger partial charge in [0.2, 0.25) is 15.9 Å². The Morgan fingerprint density at radius 2 is 2.17 bits per heavy atom. The zero-order valence-corrected chi connectivity index (χ0v) is 13.5. The molecular formula is C15H19N3O4S. The van der Waals surface area contributed by atoms with Crippen molar-refractivity contribution in [2.24, 2.45) is 5.14 Å². The predicted molar refractivity (Wildman–Crippen MR) is 85.0 cm³/mol. The van der Waals surface area contributed by atoms with Crippen molar-refractivity contribution in [2.45, 2.75) is 30.9 Å². The predicted octanol–water partition coefficient (Wildman–Crippen LogP) is 1.04. The van der Waals surface area contributed by atoms with Gasteiger partial charge in [-0.1, -0.05) is 12.1 Å². The van der Waals surface area contributed by atoms with Crippen LogP contribution in [0.5, 0.6) is 0 Å². The molecule has 1 aromatic heterocycles. The zero-order chi connectivity index (χ0) is 16.4. The molecule has 0 radical (unpaired) electrons. The highest BCUT2D eigenvalue weighted by Gasteiger charge is 2.30. The third kappa shape index (κ3) is 3.70. The molecule has 3 rings (SSSR count). The largest absolute Gasteiger partial charge is 0.441 e. The summed E-state index contributed by atoms with van der Waals surface area (Å²) in [6, 6.07) is 7.42. The van der Waals surface area contributed by atoms with Gasteiger partial charge in [0.25, 0.3) is 0 Å². The average molecular weight is 337 g/mol. The first-order chi connectivity index (χ1) is 10.9. The number of likely N-dealkylation sites (tertiary alicyclic amines) is 1. The van der Waals surface area contributed by atoms with E-state index in [2.05, 4.69) is 4.98 Å². The number of oxazole rings is 1. The van der Waals surface area contributed by atoms with Crippen molar-refractivity contribution in [3.8, 4) is 0 Å². The third-order valence-electron chi connectivity index (χ3n) is 4.09. The number of primary sulfonamides is 1. The number of aromatic nitrogens is 1. The minimum Gasteiger partial charge on any atom is -0.441 e. The highest BCUT2D eigenvalue weighted by molar-refractivity contribution is 7.89. The summed E-state index contributed by atoms with van der Waals surface area (Å²) in [5.74, 6) is 0.417. The molecule has 0 aliphatic carbocycles. The van der Waals surface area contributed by atoms with Crippen molar-refractivity contribution in [1.82, 2.24) is 9.88 Å². The maximum atomic E-state index is 12.3. The highest BCUT2D eigenvalue weighted by atomic mass is 32.2. The summed E-state index contributed by atoms with van der Waals surface area (Å²) in [5, 5.41) is 4.53. The number of hydrogen-bond acceptors (Lipinski definition) is 5. The van der Waals surface area contributed by atoms with Gasteiger partial charge >= 0.3 is 0 Å². The number of aryl methyl sites for hydroxylation is 1. The molecule has 1 fully saturated rings. The maximum absolute atomic E-state index is 12.3. The van der Waals surface area contributed by atoms with E-state index in [1.165, 1.54) is 0 Å². The summed E-state index contributed by atoms with van der Waals surface area (Å²) in [7, 11) is -3.60. The Bertz CT molecular complexity index is 782. The number of para-hydroxylation sites is 2. The van der Waals surface area contributed by atoms with Crippen LogP contribution in [0.4, 0.5) is 0 Å². The second-order valence-corrected chi connectivity index (χ2v) is 7.61. The lowest BCUT2D eigenvalue weighted by molar-refractivity contribution is -0.132. The number of benzene rings is 1. The number of rotatable bonds is 4. The van der Waals surface area contributed by atoms with E-state index in [0.29, 0.717) is 37.3 Å². The number of hydrogen-bond donors (Lipinski definition) is 1. The summed E-state index contributed by atoms with van der Waals surface area (Å²) in [5.41, 5.74) is 1.46. The number of piperidine rings is 1. The first-order valence-corrected chi connectivity index (χ1v) is 9.18. The van der Waals surface area contributed by atoms with E-state index in [0.717, 1.165) is 5.52 Å². The minimum absolute atomic E-state index is 0.0967. The molecule has 2 heterocycles. The van der Waals surface area contributed by atoms with E-state index in [9.17, 15) is 13.2 Å². The summed E-state index contributed by atoms with van der Waals surface area (Å²) in [4.78, 5) is 18.2.